The average molecular weight is 575 g/mol. The van der Waals surface area contributed by atoms with E-state index in [-0.39, 0.29) is 23.6 Å². The van der Waals surface area contributed by atoms with Gasteiger partial charge in [-0.3, -0.25) is 9.69 Å². The first kappa shape index (κ1) is 29.7. The molecule has 5 rings (SSSR count). The Bertz CT molecular complexity index is 1510. The number of carbonyl (C=O) groups excluding carboxylic acids is 2. The summed E-state index contributed by atoms with van der Waals surface area (Å²) in [4.78, 5) is 32.8. The monoisotopic (exact) mass is 574 g/mol. The zero-order valence-corrected chi connectivity index (χ0v) is 25.8. The number of methoxy groups -OCH3 is 1. The van der Waals surface area contributed by atoms with Gasteiger partial charge in [-0.1, -0.05) is 0 Å². The second-order valence-electron chi connectivity index (χ2n) is 11.7. The van der Waals surface area contributed by atoms with Gasteiger partial charge < -0.3 is 28.6 Å². The summed E-state index contributed by atoms with van der Waals surface area (Å²) in [6, 6.07) is 11.0. The third-order valence-electron chi connectivity index (χ3n) is 8.26. The lowest BCUT2D eigenvalue weighted by molar-refractivity contribution is 0.101. The van der Waals surface area contributed by atoms with Crippen molar-refractivity contribution in [1.29, 1.82) is 0 Å². The molecule has 3 aromatic rings. The number of benzene rings is 2. The van der Waals surface area contributed by atoms with Gasteiger partial charge in [0.15, 0.2) is 5.76 Å². The van der Waals surface area contributed by atoms with E-state index in [0.717, 1.165) is 67.2 Å². The van der Waals surface area contributed by atoms with Gasteiger partial charge in [0.25, 0.3) is 0 Å². The van der Waals surface area contributed by atoms with Crippen molar-refractivity contribution in [2.24, 2.45) is 0 Å². The lowest BCUT2D eigenvalue weighted by Gasteiger charge is -2.32. The number of hydrogen-bond acceptors (Lipinski definition) is 7. The van der Waals surface area contributed by atoms with E-state index in [1.165, 1.54) is 0 Å². The maximum Gasteiger partial charge on any atom is 0.415 e. The van der Waals surface area contributed by atoms with Crippen LogP contribution in [0.3, 0.4) is 0 Å². The summed E-state index contributed by atoms with van der Waals surface area (Å²) >= 11 is 0. The molecule has 3 heterocycles. The van der Waals surface area contributed by atoms with Crippen LogP contribution >= 0.6 is 0 Å². The number of likely N-dealkylation sites (N-methyl/N-ethyl adjacent to an activating group) is 1. The van der Waals surface area contributed by atoms with Gasteiger partial charge in [-0.15, -0.1) is 0 Å². The predicted molar refractivity (Wildman–Crippen MR) is 165 cm³/mol. The highest BCUT2D eigenvalue weighted by Crippen LogP contribution is 2.37. The number of amides is 1. The number of ether oxygens (including phenoxy) is 3. The number of ketones is 1. The normalized spacial score (nSPS) is 16.9. The minimum absolute atomic E-state index is 0.00941. The topological polar surface area (TPSA) is 76.5 Å². The molecule has 0 unspecified atom stereocenters. The number of rotatable bonds is 8. The van der Waals surface area contributed by atoms with E-state index < -0.39 is 6.09 Å². The summed E-state index contributed by atoms with van der Waals surface area (Å²) in [7, 11) is 3.82. The van der Waals surface area contributed by atoms with E-state index in [1.807, 2.05) is 45.9 Å². The Hall–Kier alpha value is -3.82. The largest absolute Gasteiger partial charge is 0.497 e. The maximum absolute atomic E-state index is 13.4. The van der Waals surface area contributed by atoms with Gasteiger partial charge in [-0.25, -0.2) is 4.79 Å². The molecule has 0 bridgehead atoms. The highest BCUT2D eigenvalue weighted by atomic mass is 16.6. The van der Waals surface area contributed by atoms with Gasteiger partial charge >= 0.3 is 6.09 Å². The molecule has 2 aromatic carbocycles. The number of aromatic nitrogens is 1. The number of piperazine rings is 1. The quantitative estimate of drug-likeness (QED) is 0.332. The van der Waals surface area contributed by atoms with Crippen molar-refractivity contribution in [2.45, 2.75) is 53.2 Å². The molecule has 42 heavy (non-hydrogen) atoms. The first-order chi connectivity index (χ1) is 20.1. The summed E-state index contributed by atoms with van der Waals surface area (Å²) in [5, 5.41) is 1.00. The zero-order chi connectivity index (χ0) is 30.1. The fourth-order valence-electron chi connectivity index (χ4n) is 5.93. The predicted octanol–water partition coefficient (Wildman–Crippen LogP) is 5.44. The van der Waals surface area contributed by atoms with Crippen LogP contribution in [0.2, 0.25) is 0 Å². The third-order valence-corrected chi connectivity index (χ3v) is 8.26. The lowest BCUT2D eigenvalue weighted by atomic mass is 10.1. The minimum atomic E-state index is -0.436. The molecule has 0 spiro atoms. The molecule has 0 radical (unpaired) electrons. The summed E-state index contributed by atoms with van der Waals surface area (Å²) in [6.07, 6.45) is 1.39. The van der Waals surface area contributed by atoms with E-state index >= 15 is 0 Å². The molecular weight excluding hydrogens is 532 g/mol. The second kappa shape index (κ2) is 12.2. The van der Waals surface area contributed by atoms with Crippen molar-refractivity contribution in [3.63, 3.8) is 0 Å². The van der Waals surface area contributed by atoms with E-state index in [0.29, 0.717) is 17.1 Å². The molecule has 1 saturated heterocycles. The van der Waals surface area contributed by atoms with Crippen molar-refractivity contribution in [3.8, 4) is 17.2 Å². The van der Waals surface area contributed by atoms with Gasteiger partial charge in [-0.2, -0.15) is 0 Å². The van der Waals surface area contributed by atoms with Crippen molar-refractivity contribution < 1.29 is 23.8 Å². The van der Waals surface area contributed by atoms with Crippen molar-refractivity contribution >= 4 is 28.9 Å². The Balaban J connectivity index is 1.42. The summed E-state index contributed by atoms with van der Waals surface area (Å²) < 4.78 is 19.6. The Morgan fingerprint density at radius 1 is 1.00 bits per heavy atom. The number of fused-ring (bicyclic) bond motifs is 2. The molecule has 1 amide bonds. The van der Waals surface area contributed by atoms with Crippen LogP contribution in [0, 0.1) is 6.92 Å². The smallest absolute Gasteiger partial charge is 0.415 e. The Morgan fingerprint density at radius 2 is 1.69 bits per heavy atom. The van der Waals surface area contributed by atoms with Crippen LogP contribution in [0.25, 0.3) is 17.0 Å². The van der Waals surface area contributed by atoms with E-state index in [1.54, 1.807) is 30.2 Å². The number of hydrogen-bond donors (Lipinski definition) is 0. The fraction of sp³-hybridized carbons (Fsp3) is 0.455. The molecule has 0 aliphatic carbocycles. The lowest BCUT2D eigenvalue weighted by Crippen LogP contribution is -2.45. The van der Waals surface area contributed by atoms with Crippen molar-refractivity contribution in [3.05, 3.63) is 59.0 Å². The number of allylic oxidation sites excluding steroid dienone is 1. The molecule has 0 saturated carbocycles. The van der Waals surface area contributed by atoms with Crippen LogP contribution in [0.4, 0.5) is 4.79 Å². The molecule has 9 heteroatoms. The molecule has 9 nitrogen and oxygen atoms in total. The van der Waals surface area contributed by atoms with Crippen LogP contribution in [0.1, 0.15) is 49.3 Å². The van der Waals surface area contributed by atoms with Gasteiger partial charge in [0.2, 0.25) is 5.78 Å². The van der Waals surface area contributed by atoms with Crippen molar-refractivity contribution in [1.82, 2.24) is 19.3 Å². The minimum Gasteiger partial charge on any atom is -0.497 e. The molecule has 0 N–H and O–H groups in total. The Morgan fingerprint density at radius 3 is 2.36 bits per heavy atom. The third kappa shape index (κ3) is 5.89. The number of nitrogens with zero attached hydrogens (tertiary/aromatic N) is 4. The van der Waals surface area contributed by atoms with Gasteiger partial charge in [0.1, 0.15) is 17.2 Å². The molecule has 2 aliphatic rings. The number of carbonyl (C=O) groups is 2. The van der Waals surface area contributed by atoms with Crippen LogP contribution in [-0.2, 0) is 6.54 Å². The molecule has 1 fully saturated rings. The SMILES string of the molecule is COc1ccc2c(c1)c(C=C1Oc3cc(OC(=O)N(C(C)C)C(C)C)ccc3C1=O)c(C)n2CCN1CCN(C)CC1. The summed E-state index contributed by atoms with van der Waals surface area (Å²) in [6.45, 7) is 15.9. The number of Topliss-reactive ketones (excluding diaryl/α,β-unsaturated/α-hetero) is 1. The van der Waals surface area contributed by atoms with E-state index in [4.69, 9.17) is 14.2 Å². The molecule has 0 atom stereocenters. The van der Waals surface area contributed by atoms with E-state index in [9.17, 15) is 9.59 Å². The molecule has 2 aliphatic heterocycles. The average Bonchev–Trinajstić information content (AvgIpc) is 3.39. The molecule has 224 valence electrons. The highest BCUT2D eigenvalue weighted by Gasteiger charge is 2.30. The van der Waals surface area contributed by atoms with Crippen LogP contribution in [0.5, 0.6) is 17.2 Å². The van der Waals surface area contributed by atoms with Crippen LogP contribution in [0.15, 0.2) is 42.2 Å². The summed E-state index contributed by atoms with van der Waals surface area (Å²) in [5.41, 5.74) is 3.52. The van der Waals surface area contributed by atoms with Gasteiger partial charge in [-0.05, 0) is 78.1 Å². The Labute approximate surface area is 248 Å². The van der Waals surface area contributed by atoms with Gasteiger partial charge in [0, 0.05) is 79.6 Å². The molecule has 1 aromatic heterocycles. The highest BCUT2D eigenvalue weighted by molar-refractivity contribution is 6.15. The summed E-state index contributed by atoms with van der Waals surface area (Å²) in [5.74, 6) is 1.51. The molecular formula is C33H42N4O5. The van der Waals surface area contributed by atoms with E-state index in [2.05, 4.69) is 34.4 Å². The standard InChI is InChI=1S/C33H42N4O5/c1-21(2)37(22(3)4)33(39)41-25-8-10-26-30(19-25)42-31(32(26)38)20-27-23(5)36(17-16-35-14-12-34(6)13-15-35)29-11-9-24(40-7)18-28(27)29/h8-11,18-22H,12-17H2,1-7H3. The fourth-order valence-corrected chi connectivity index (χ4v) is 5.93. The first-order valence-corrected chi connectivity index (χ1v) is 14.7. The van der Waals surface area contributed by atoms with Gasteiger partial charge in [0.05, 0.1) is 12.7 Å². The van der Waals surface area contributed by atoms with Crippen molar-refractivity contribution in [2.75, 3.05) is 46.9 Å². The second-order valence-corrected chi connectivity index (χ2v) is 11.7. The maximum atomic E-state index is 13.4. The van der Waals surface area contributed by atoms with Crippen LogP contribution in [-0.4, -0.2) is 90.1 Å². The van der Waals surface area contributed by atoms with Crippen LogP contribution < -0.4 is 14.2 Å². The Kier molecular flexibility index (Phi) is 8.61. The first-order valence-electron chi connectivity index (χ1n) is 14.7. The zero-order valence-electron chi connectivity index (χ0n) is 25.8.